The first kappa shape index (κ1) is 15.3. The van der Waals surface area contributed by atoms with Crippen molar-refractivity contribution in [3.05, 3.63) is 35.4 Å². The highest BCUT2D eigenvalue weighted by Crippen LogP contribution is 2.40. The largest absolute Gasteiger partial charge is 0.356 e. The number of nitrogens with one attached hydrogen (secondary N) is 1. The third-order valence-electron chi connectivity index (χ3n) is 5.37. The van der Waals surface area contributed by atoms with E-state index in [1.807, 2.05) is 12.1 Å². The van der Waals surface area contributed by atoms with E-state index in [4.69, 9.17) is 0 Å². The molecule has 2 aliphatic carbocycles. The molecule has 0 aromatic heterocycles. The van der Waals surface area contributed by atoms with Crippen LogP contribution in [0.3, 0.4) is 0 Å². The van der Waals surface area contributed by atoms with Crippen molar-refractivity contribution in [1.82, 2.24) is 5.32 Å². The van der Waals surface area contributed by atoms with Crippen LogP contribution in [0.1, 0.15) is 43.2 Å². The van der Waals surface area contributed by atoms with E-state index in [2.05, 4.69) is 24.4 Å². The van der Waals surface area contributed by atoms with Crippen molar-refractivity contribution in [1.29, 1.82) is 0 Å². The lowest BCUT2D eigenvalue weighted by Crippen LogP contribution is -2.43. The van der Waals surface area contributed by atoms with Gasteiger partial charge in [-0.3, -0.25) is 9.59 Å². The maximum absolute atomic E-state index is 12.4. The molecule has 3 nitrogen and oxygen atoms in total. The molecule has 1 aromatic carbocycles. The van der Waals surface area contributed by atoms with Crippen LogP contribution < -0.4 is 5.32 Å². The van der Waals surface area contributed by atoms with Crippen molar-refractivity contribution in [3.8, 4) is 0 Å². The minimum atomic E-state index is 0.0462. The molecule has 22 heavy (non-hydrogen) atoms. The summed E-state index contributed by atoms with van der Waals surface area (Å²) in [6.45, 7) is 2.79. The average Bonchev–Trinajstić information content (AvgIpc) is 2.49. The Bertz CT molecular complexity index is 550. The number of fused-ring (bicyclic) bond motifs is 2. The average molecular weight is 299 g/mol. The zero-order valence-corrected chi connectivity index (χ0v) is 13.3. The summed E-state index contributed by atoms with van der Waals surface area (Å²) in [4.78, 5) is 24.5. The summed E-state index contributed by atoms with van der Waals surface area (Å²) in [5, 5.41) is 3.08. The molecule has 1 N–H and O–H groups in total. The molecule has 1 amide bonds. The Hall–Kier alpha value is -1.64. The highest BCUT2D eigenvalue weighted by atomic mass is 16.2. The molecule has 2 saturated carbocycles. The predicted octanol–water partition coefficient (Wildman–Crippen LogP) is 3.05. The SMILES string of the molecule is Cc1ccccc1CCNC(=O)C1C[C@H]2CCC[C@@H](C1)C2=O. The van der Waals surface area contributed by atoms with Gasteiger partial charge in [0.15, 0.2) is 0 Å². The zero-order chi connectivity index (χ0) is 15.5. The molecular weight excluding hydrogens is 274 g/mol. The van der Waals surface area contributed by atoms with Gasteiger partial charge in [-0.25, -0.2) is 0 Å². The van der Waals surface area contributed by atoms with E-state index in [1.54, 1.807) is 0 Å². The second-order valence-electron chi connectivity index (χ2n) is 6.86. The van der Waals surface area contributed by atoms with E-state index in [9.17, 15) is 9.59 Å². The Kier molecular flexibility index (Phi) is 4.60. The first-order chi connectivity index (χ1) is 10.6. The van der Waals surface area contributed by atoms with Crippen LogP contribution in [-0.4, -0.2) is 18.2 Å². The summed E-state index contributed by atoms with van der Waals surface area (Å²) in [5.41, 5.74) is 2.56. The Labute approximate surface area is 132 Å². The smallest absolute Gasteiger partial charge is 0.223 e. The molecule has 3 rings (SSSR count). The van der Waals surface area contributed by atoms with Crippen LogP contribution in [0.2, 0.25) is 0 Å². The van der Waals surface area contributed by atoms with Gasteiger partial charge in [0.1, 0.15) is 5.78 Å². The fourth-order valence-corrected chi connectivity index (χ4v) is 4.05. The van der Waals surface area contributed by atoms with E-state index in [-0.39, 0.29) is 23.7 Å². The predicted molar refractivity (Wildman–Crippen MR) is 86.5 cm³/mol. The fraction of sp³-hybridized carbons (Fsp3) is 0.579. The van der Waals surface area contributed by atoms with Crippen molar-refractivity contribution >= 4 is 11.7 Å². The number of benzene rings is 1. The molecule has 3 heteroatoms. The molecule has 0 saturated heterocycles. The lowest BCUT2D eigenvalue weighted by molar-refractivity contribution is -0.137. The van der Waals surface area contributed by atoms with Gasteiger partial charge < -0.3 is 5.32 Å². The number of rotatable bonds is 4. The number of amides is 1. The molecule has 0 radical (unpaired) electrons. The van der Waals surface area contributed by atoms with Gasteiger partial charge >= 0.3 is 0 Å². The van der Waals surface area contributed by atoms with E-state index < -0.39 is 0 Å². The van der Waals surface area contributed by atoms with Gasteiger partial charge in [-0.05, 0) is 50.2 Å². The number of hydrogen-bond acceptors (Lipinski definition) is 2. The number of ketones is 1. The van der Waals surface area contributed by atoms with E-state index in [0.717, 1.165) is 38.5 Å². The monoisotopic (exact) mass is 299 g/mol. The lowest BCUT2D eigenvalue weighted by atomic mass is 9.67. The van der Waals surface area contributed by atoms with Crippen LogP contribution in [0.5, 0.6) is 0 Å². The highest BCUT2D eigenvalue weighted by molar-refractivity contribution is 5.88. The third kappa shape index (κ3) is 3.23. The number of carbonyl (C=O) groups is 2. The Morgan fingerprint density at radius 2 is 1.86 bits per heavy atom. The topological polar surface area (TPSA) is 46.2 Å². The number of Topliss-reactive ketones (excluding diaryl/α,β-unsaturated/α-hetero) is 1. The van der Waals surface area contributed by atoms with Crippen molar-refractivity contribution < 1.29 is 9.59 Å². The van der Waals surface area contributed by atoms with Crippen LogP contribution in [0.4, 0.5) is 0 Å². The summed E-state index contributed by atoms with van der Waals surface area (Å²) in [5.74, 6) is 0.928. The molecular formula is C19H25NO2. The Balaban J connectivity index is 1.50. The Morgan fingerprint density at radius 1 is 1.18 bits per heavy atom. The number of carbonyl (C=O) groups excluding carboxylic acids is 2. The van der Waals surface area contributed by atoms with Gasteiger partial charge in [-0.15, -0.1) is 0 Å². The van der Waals surface area contributed by atoms with Crippen molar-refractivity contribution in [2.45, 2.75) is 45.4 Å². The first-order valence-electron chi connectivity index (χ1n) is 8.51. The normalized spacial score (nSPS) is 27.5. The number of aryl methyl sites for hydroxylation is 1. The third-order valence-corrected chi connectivity index (χ3v) is 5.37. The number of hydrogen-bond donors (Lipinski definition) is 1. The van der Waals surface area contributed by atoms with Crippen LogP contribution in [0.15, 0.2) is 24.3 Å². The van der Waals surface area contributed by atoms with Crippen LogP contribution in [0, 0.1) is 24.7 Å². The summed E-state index contributed by atoms with van der Waals surface area (Å²) in [6, 6.07) is 8.30. The zero-order valence-electron chi connectivity index (χ0n) is 13.3. The minimum Gasteiger partial charge on any atom is -0.356 e. The first-order valence-corrected chi connectivity index (χ1v) is 8.51. The Morgan fingerprint density at radius 3 is 2.55 bits per heavy atom. The second-order valence-corrected chi connectivity index (χ2v) is 6.86. The highest BCUT2D eigenvalue weighted by Gasteiger charge is 2.41. The van der Waals surface area contributed by atoms with Crippen LogP contribution in [0.25, 0.3) is 0 Å². The molecule has 3 atom stereocenters. The molecule has 0 aliphatic heterocycles. The van der Waals surface area contributed by atoms with Gasteiger partial charge in [0, 0.05) is 24.3 Å². The summed E-state index contributed by atoms with van der Waals surface area (Å²) in [7, 11) is 0. The molecule has 1 aromatic rings. The van der Waals surface area contributed by atoms with Gasteiger partial charge in [-0.2, -0.15) is 0 Å². The second kappa shape index (κ2) is 6.64. The maximum atomic E-state index is 12.4. The quantitative estimate of drug-likeness (QED) is 0.929. The van der Waals surface area contributed by atoms with Crippen LogP contribution in [-0.2, 0) is 16.0 Å². The van der Waals surface area contributed by atoms with Gasteiger partial charge in [-0.1, -0.05) is 30.7 Å². The lowest BCUT2D eigenvalue weighted by Gasteiger charge is -2.36. The molecule has 2 aliphatic rings. The van der Waals surface area contributed by atoms with E-state index >= 15 is 0 Å². The van der Waals surface area contributed by atoms with E-state index in [1.165, 1.54) is 11.1 Å². The molecule has 1 unspecified atom stereocenters. The molecule has 2 fully saturated rings. The van der Waals surface area contributed by atoms with E-state index in [0.29, 0.717) is 12.3 Å². The van der Waals surface area contributed by atoms with Crippen molar-refractivity contribution in [2.75, 3.05) is 6.54 Å². The molecule has 2 bridgehead atoms. The van der Waals surface area contributed by atoms with Crippen molar-refractivity contribution in [3.63, 3.8) is 0 Å². The molecule has 0 heterocycles. The summed E-state index contributed by atoms with van der Waals surface area (Å²) in [6.07, 6.45) is 5.54. The molecule has 0 spiro atoms. The fourth-order valence-electron chi connectivity index (χ4n) is 4.05. The standard InChI is InChI=1S/C19H25NO2/c1-13-5-2-3-6-14(13)9-10-20-19(22)17-11-15-7-4-8-16(12-17)18(15)21/h2-3,5-6,15-17H,4,7-12H2,1H3,(H,20,22)/t15-,16+,17?. The minimum absolute atomic E-state index is 0.0462. The summed E-state index contributed by atoms with van der Waals surface area (Å²) >= 11 is 0. The summed E-state index contributed by atoms with van der Waals surface area (Å²) < 4.78 is 0. The molecule has 118 valence electrons. The van der Waals surface area contributed by atoms with Gasteiger partial charge in [0.2, 0.25) is 5.91 Å². The van der Waals surface area contributed by atoms with Gasteiger partial charge in [0.05, 0.1) is 0 Å². The van der Waals surface area contributed by atoms with Crippen LogP contribution >= 0.6 is 0 Å². The van der Waals surface area contributed by atoms with Crippen molar-refractivity contribution in [2.24, 2.45) is 17.8 Å². The maximum Gasteiger partial charge on any atom is 0.223 e. The van der Waals surface area contributed by atoms with Gasteiger partial charge in [0.25, 0.3) is 0 Å².